The molecule has 92 valence electrons. The highest BCUT2D eigenvalue weighted by atomic mass is 16.3. The molecule has 0 unspecified atom stereocenters. The van der Waals surface area contributed by atoms with Gasteiger partial charge in [0.2, 0.25) is 0 Å². The fourth-order valence-electron chi connectivity index (χ4n) is 2.17. The highest BCUT2D eigenvalue weighted by Crippen LogP contribution is 2.29. The molecule has 0 aromatic heterocycles. The Bertz CT molecular complexity index is 689. The van der Waals surface area contributed by atoms with E-state index in [0.29, 0.717) is 16.7 Å². The average molecular weight is 250 g/mol. The van der Waals surface area contributed by atoms with Crippen molar-refractivity contribution in [2.75, 3.05) is 0 Å². The standard InChI is InChI=1S/C16H10O3/c17-14-8-4-1-5-10(14)9-13-15(18)11-6-2-3-7-12(11)16(13)19/h1-9,17H. The van der Waals surface area contributed by atoms with E-state index in [9.17, 15) is 14.7 Å². The number of phenols is 1. The molecule has 0 saturated carbocycles. The van der Waals surface area contributed by atoms with Crippen LogP contribution in [0.15, 0.2) is 54.1 Å². The van der Waals surface area contributed by atoms with Crippen LogP contribution in [0.3, 0.4) is 0 Å². The molecule has 0 amide bonds. The molecule has 19 heavy (non-hydrogen) atoms. The number of rotatable bonds is 1. The predicted octanol–water partition coefficient (Wildman–Crippen LogP) is 2.85. The lowest BCUT2D eigenvalue weighted by Gasteiger charge is -1.99. The molecule has 2 aromatic carbocycles. The summed E-state index contributed by atoms with van der Waals surface area (Å²) < 4.78 is 0. The first-order valence-corrected chi connectivity index (χ1v) is 5.86. The summed E-state index contributed by atoms with van der Waals surface area (Å²) in [5.74, 6) is -0.528. The van der Waals surface area contributed by atoms with Gasteiger partial charge in [0.25, 0.3) is 0 Å². The molecule has 3 heteroatoms. The van der Waals surface area contributed by atoms with Crippen molar-refractivity contribution in [2.24, 2.45) is 0 Å². The highest BCUT2D eigenvalue weighted by Gasteiger charge is 2.32. The average Bonchev–Trinajstić information content (AvgIpc) is 2.67. The van der Waals surface area contributed by atoms with Gasteiger partial charge in [-0.15, -0.1) is 0 Å². The Hall–Kier alpha value is -2.68. The summed E-state index contributed by atoms with van der Waals surface area (Å²) in [4.78, 5) is 24.3. The van der Waals surface area contributed by atoms with E-state index >= 15 is 0 Å². The van der Waals surface area contributed by atoms with Gasteiger partial charge in [0, 0.05) is 16.7 Å². The molecular formula is C16H10O3. The zero-order valence-corrected chi connectivity index (χ0v) is 9.96. The number of fused-ring (bicyclic) bond motifs is 1. The zero-order valence-electron chi connectivity index (χ0n) is 9.96. The van der Waals surface area contributed by atoms with Gasteiger partial charge in [0.15, 0.2) is 11.6 Å². The van der Waals surface area contributed by atoms with Gasteiger partial charge in [-0.3, -0.25) is 9.59 Å². The van der Waals surface area contributed by atoms with Gasteiger partial charge in [-0.1, -0.05) is 42.5 Å². The Labute approximate surface area is 109 Å². The Morgan fingerprint density at radius 2 is 1.32 bits per heavy atom. The van der Waals surface area contributed by atoms with E-state index in [0.717, 1.165) is 0 Å². The lowest BCUT2D eigenvalue weighted by Crippen LogP contribution is -2.00. The number of Topliss-reactive ketones (excluding diaryl/α,β-unsaturated/α-hetero) is 2. The van der Waals surface area contributed by atoms with E-state index in [1.165, 1.54) is 12.1 Å². The van der Waals surface area contributed by atoms with Crippen LogP contribution in [-0.2, 0) is 0 Å². The highest BCUT2D eigenvalue weighted by molar-refractivity contribution is 6.41. The summed E-state index contributed by atoms with van der Waals surface area (Å²) in [5.41, 5.74) is 1.41. The van der Waals surface area contributed by atoms with Gasteiger partial charge < -0.3 is 5.11 Å². The number of para-hydroxylation sites is 1. The van der Waals surface area contributed by atoms with Gasteiger partial charge in [-0.25, -0.2) is 0 Å². The molecule has 0 radical (unpaired) electrons. The Kier molecular flexibility index (Phi) is 2.53. The van der Waals surface area contributed by atoms with E-state index in [1.54, 1.807) is 42.5 Å². The van der Waals surface area contributed by atoms with Crippen LogP contribution < -0.4 is 0 Å². The lowest BCUT2D eigenvalue weighted by atomic mass is 10.1. The quantitative estimate of drug-likeness (QED) is 0.625. The van der Waals surface area contributed by atoms with Crippen LogP contribution in [0.4, 0.5) is 0 Å². The van der Waals surface area contributed by atoms with Crippen molar-refractivity contribution in [1.29, 1.82) is 0 Å². The van der Waals surface area contributed by atoms with Crippen LogP contribution >= 0.6 is 0 Å². The minimum absolute atomic E-state index is 0.0477. The summed E-state index contributed by atoms with van der Waals surface area (Å²) in [5, 5.41) is 9.69. The normalized spacial score (nSPS) is 13.6. The van der Waals surface area contributed by atoms with E-state index in [4.69, 9.17) is 0 Å². The fourth-order valence-corrected chi connectivity index (χ4v) is 2.17. The third kappa shape index (κ3) is 1.76. The molecule has 3 rings (SSSR count). The van der Waals surface area contributed by atoms with Crippen molar-refractivity contribution < 1.29 is 14.7 Å². The molecular weight excluding hydrogens is 240 g/mol. The summed E-state index contributed by atoms with van der Waals surface area (Å²) >= 11 is 0. The van der Waals surface area contributed by atoms with Gasteiger partial charge in [0.05, 0.1) is 5.57 Å². The lowest BCUT2D eigenvalue weighted by molar-refractivity contribution is 0.0990. The molecule has 3 nitrogen and oxygen atoms in total. The molecule has 1 N–H and O–H groups in total. The van der Waals surface area contributed by atoms with Crippen molar-refractivity contribution in [3.05, 3.63) is 70.8 Å². The largest absolute Gasteiger partial charge is 0.507 e. The maximum absolute atomic E-state index is 12.2. The summed E-state index contributed by atoms with van der Waals surface area (Å²) in [6.45, 7) is 0. The van der Waals surface area contributed by atoms with Crippen molar-refractivity contribution >= 4 is 17.6 Å². The number of carbonyl (C=O) groups is 2. The van der Waals surface area contributed by atoms with Crippen LogP contribution in [0.1, 0.15) is 26.3 Å². The number of aromatic hydroxyl groups is 1. The smallest absolute Gasteiger partial charge is 0.197 e. The third-order valence-electron chi connectivity index (χ3n) is 3.14. The molecule has 0 bridgehead atoms. The van der Waals surface area contributed by atoms with E-state index in [1.807, 2.05) is 0 Å². The topological polar surface area (TPSA) is 54.4 Å². The zero-order chi connectivity index (χ0) is 13.4. The molecule has 0 fully saturated rings. The van der Waals surface area contributed by atoms with E-state index in [2.05, 4.69) is 0 Å². The third-order valence-corrected chi connectivity index (χ3v) is 3.14. The monoisotopic (exact) mass is 250 g/mol. The first kappa shape index (κ1) is 11.4. The molecule has 0 saturated heterocycles. The Morgan fingerprint density at radius 1 is 0.789 bits per heavy atom. The minimum atomic E-state index is -0.288. The fraction of sp³-hybridized carbons (Fsp3) is 0. The van der Waals surface area contributed by atoms with Crippen molar-refractivity contribution in [3.63, 3.8) is 0 Å². The number of benzene rings is 2. The molecule has 0 spiro atoms. The second kappa shape index (κ2) is 4.21. The summed E-state index contributed by atoms with van der Waals surface area (Å²) in [7, 11) is 0. The van der Waals surface area contributed by atoms with Crippen molar-refractivity contribution in [1.82, 2.24) is 0 Å². The molecule has 0 heterocycles. The second-order valence-electron chi connectivity index (χ2n) is 4.32. The predicted molar refractivity (Wildman–Crippen MR) is 71.2 cm³/mol. The van der Waals surface area contributed by atoms with Crippen LogP contribution in [0.2, 0.25) is 0 Å². The van der Waals surface area contributed by atoms with E-state index < -0.39 is 0 Å². The SMILES string of the molecule is O=C1C(=Cc2ccccc2O)C(=O)c2ccccc21. The van der Waals surface area contributed by atoms with Gasteiger partial charge in [-0.05, 0) is 12.1 Å². The first-order chi connectivity index (χ1) is 9.18. The van der Waals surface area contributed by atoms with E-state index in [-0.39, 0.29) is 22.9 Å². The van der Waals surface area contributed by atoms with Crippen molar-refractivity contribution in [2.45, 2.75) is 0 Å². The molecule has 1 aliphatic rings. The van der Waals surface area contributed by atoms with Crippen LogP contribution in [0.5, 0.6) is 5.75 Å². The maximum Gasteiger partial charge on any atom is 0.197 e. The molecule has 0 atom stereocenters. The second-order valence-corrected chi connectivity index (χ2v) is 4.32. The number of ketones is 2. The number of hydrogen-bond acceptors (Lipinski definition) is 3. The number of hydrogen-bond donors (Lipinski definition) is 1. The van der Waals surface area contributed by atoms with Gasteiger partial charge >= 0.3 is 0 Å². The van der Waals surface area contributed by atoms with Crippen molar-refractivity contribution in [3.8, 4) is 5.75 Å². The van der Waals surface area contributed by atoms with Gasteiger partial charge in [0.1, 0.15) is 5.75 Å². The van der Waals surface area contributed by atoms with Gasteiger partial charge in [-0.2, -0.15) is 0 Å². The maximum atomic E-state index is 12.2. The first-order valence-electron chi connectivity index (χ1n) is 5.86. The number of allylic oxidation sites excluding steroid dienone is 1. The summed E-state index contributed by atoms with van der Waals surface area (Å²) in [6, 6.07) is 13.3. The number of phenolic OH excluding ortho intramolecular Hbond substituents is 1. The minimum Gasteiger partial charge on any atom is -0.507 e. The Balaban J connectivity index is 2.13. The molecule has 0 aliphatic heterocycles. The number of carbonyl (C=O) groups excluding carboxylic acids is 2. The van der Waals surface area contributed by atoms with Crippen LogP contribution in [0, 0.1) is 0 Å². The molecule has 2 aromatic rings. The van der Waals surface area contributed by atoms with Crippen LogP contribution in [0.25, 0.3) is 6.08 Å². The summed E-state index contributed by atoms with van der Waals surface area (Å²) in [6.07, 6.45) is 1.44. The van der Waals surface area contributed by atoms with Crippen LogP contribution in [-0.4, -0.2) is 16.7 Å². The Morgan fingerprint density at radius 3 is 1.89 bits per heavy atom. The molecule has 1 aliphatic carbocycles.